The number of hydrogen-bond acceptors (Lipinski definition) is 6. The number of likely N-dealkylation sites (tertiary alicyclic amines) is 2. The summed E-state index contributed by atoms with van der Waals surface area (Å²) < 4.78 is 45.6. The Morgan fingerprint density at radius 2 is 0.914 bits per heavy atom. The minimum atomic E-state index is -1.17. The highest BCUT2D eigenvalue weighted by Crippen LogP contribution is 2.63. The van der Waals surface area contributed by atoms with Crippen molar-refractivity contribution < 1.29 is 27.8 Å². The predicted octanol–water partition coefficient (Wildman–Crippen LogP) is 9.88. The third kappa shape index (κ3) is 6.61. The van der Waals surface area contributed by atoms with Crippen LogP contribution < -0.4 is 0 Å². The minimum absolute atomic E-state index is 0.0942. The first-order valence-electron chi connectivity index (χ1n) is 20.9. The van der Waals surface area contributed by atoms with Gasteiger partial charge < -0.3 is 19.3 Å². The largest absolute Gasteiger partial charge is 0.450 e. The molecular weight excluding hydrogens is 731 g/mol. The molecule has 2 fully saturated rings. The van der Waals surface area contributed by atoms with Crippen molar-refractivity contribution >= 4 is 11.9 Å². The van der Waals surface area contributed by atoms with E-state index in [1.807, 2.05) is 72.8 Å². The highest BCUT2D eigenvalue weighted by Gasteiger charge is 2.63. The summed E-state index contributed by atoms with van der Waals surface area (Å²) in [6.07, 6.45) is 6.21. The molecule has 0 amide bonds. The molecule has 58 heavy (non-hydrogen) atoms. The van der Waals surface area contributed by atoms with Gasteiger partial charge in [-0.15, -0.1) is 0 Å². The summed E-state index contributed by atoms with van der Waals surface area (Å²) in [7, 11) is 4.18. The molecule has 0 radical (unpaired) electrons. The number of hydrogen-bond donors (Lipinski definition) is 0. The topological polar surface area (TPSA) is 59.1 Å². The average Bonchev–Trinajstić information content (AvgIpc) is 3.59. The van der Waals surface area contributed by atoms with Gasteiger partial charge in [0.1, 0.15) is 22.8 Å². The number of halogens is 2. The van der Waals surface area contributed by atoms with Gasteiger partial charge in [0.05, 0.1) is 0 Å². The molecule has 2 atom stereocenters. The molecule has 0 spiro atoms. The third-order valence-electron chi connectivity index (χ3n) is 14.1. The van der Waals surface area contributed by atoms with E-state index in [2.05, 4.69) is 51.6 Å². The maximum Gasteiger partial charge on any atom is 0.331 e. The zero-order valence-electron chi connectivity index (χ0n) is 34.7. The number of nitrogens with zero attached hydrogens (tertiary/aromatic N) is 2. The number of benzene rings is 4. The Kier molecular flexibility index (Phi) is 10.5. The van der Waals surface area contributed by atoms with Crippen molar-refractivity contribution in [2.75, 3.05) is 40.3 Å². The SMILES string of the molecule is CN1CCC(C2(OC(=O)/C=C/C(=O)OC3(C4CCN(C)CC4)c4c(-c5ccccc5)ccc(F)c4CC3(C)C)c3c(-c4ccccc4)ccc(F)c3CC2(C)C)CC1. The van der Waals surface area contributed by atoms with Crippen LogP contribution in [0.25, 0.3) is 22.3 Å². The summed E-state index contributed by atoms with van der Waals surface area (Å²) >= 11 is 0. The number of esters is 2. The molecule has 8 heteroatoms. The lowest BCUT2D eigenvalue weighted by atomic mass is 9.64. The predicted molar refractivity (Wildman–Crippen MR) is 224 cm³/mol. The fourth-order valence-corrected chi connectivity index (χ4v) is 11.4. The van der Waals surface area contributed by atoms with Crippen molar-refractivity contribution in [1.82, 2.24) is 9.80 Å². The highest BCUT2D eigenvalue weighted by molar-refractivity contribution is 5.92. The first-order chi connectivity index (χ1) is 27.7. The van der Waals surface area contributed by atoms with E-state index in [9.17, 15) is 9.59 Å². The van der Waals surface area contributed by atoms with Gasteiger partial charge in [0, 0.05) is 45.9 Å². The molecule has 2 saturated heterocycles. The number of piperidine rings is 2. The lowest BCUT2D eigenvalue weighted by molar-refractivity contribution is -0.188. The van der Waals surface area contributed by atoms with Crippen molar-refractivity contribution in [2.45, 2.75) is 77.4 Å². The fourth-order valence-electron chi connectivity index (χ4n) is 11.4. The first kappa shape index (κ1) is 40.1. The van der Waals surface area contributed by atoms with E-state index >= 15 is 8.78 Å². The lowest BCUT2D eigenvalue weighted by Crippen LogP contribution is -2.52. The van der Waals surface area contributed by atoms with Crippen LogP contribution in [0.4, 0.5) is 8.78 Å². The van der Waals surface area contributed by atoms with Crippen LogP contribution in [0.15, 0.2) is 97.1 Å². The Balaban J connectivity index is 1.19. The molecule has 0 aromatic heterocycles. The van der Waals surface area contributed by atoms with Crippen molar-refractivity contribution in [1.29, 1.82) is 0 Å². The van der Waals surface area contributed by atoms with Crippen LogP contribution in [0, 0.1) is 34.3 Å². The highest BCUT2D eigenvalue weighted by atomic mass is 19.1. The standard InChI is InChI=1S/C50H56F2N2O4/c1-47(2)31-39-41(51)19-17-37(33-13-9-7-10-14-33)45(39)49(47,35-23-27-53(5)28-24-35)57-43(55)21-22-44(56)58-50(36-25-29-54(6)30-26-36)46-38(34-15-11-8-12-16-34)18-20-42(52)40(46)32-48(50,3)4/h7-22,35-36H,23-32H2,1-6H3/b22-21+. The normalized spacial score (nSPS) is 24.8. The van der Waals surface area contributed by atoms with Crippen LogP contribution >= 0.6 is 0 Å². The molecule has 0 N–H and O–H groups in total. The van der Waals surface area contributed by atoms with E-state index in [0.717, 1.165) is 85.2 Å². The Morgan fingerprint density at radius 3 is 1.26 bits per heavy atom. The fraction of sp³-hybridized carbons (Fsp3) is 0.440. The number of carbonyl (C=O) groups is 2. The van der Waals surface area contributed by atoms with Crippen LogP contribution in [0.2, 0.25) is 0 Å². The number of rotatable bonds is 8. The van der Waals surface area contributed by atoms with E-state index in [1.54, 1.807) is 0 Å². The maximum absolute atomic E-state index is 16.0. The smallest absolute Gasteiger partial charge is 0.331 e. The monoisotopic (exact) mass is 786 g/mol. The first-order valence-corrected chi connectivity index (χ1v) is 20.9. The average molecular weight is 787 g/mol. The Hall–Kier alpha value is -4.66. The summed E-state index contributed by atoms with van der Waals surface area (Å²) in [5.41, 5.74) is 2.46. The summed E-state index contributed by atoms with van der Waals surface area (Å²) in [5.74, 6) is -2.17. The van der Waals surface area contributed by atoms with Gasteiger partial charge in [0.15, 0.2) is 0 Å². The van der Waals surface area contributed by atoms with Gasteiger partial charge in [-0.2, -0.15) is 0 Å². The van der Waals surface area contributed by atoms with Crippen molar-refractivity contribution in [3.8, 4) is 22.3 Å². The van der Waals surface area contributed by atoms with Crippen molar-refractivity contribution in [3.63, 3.8) is 0 Å². The molecule has 0 bridgehead atoms. The van der Waals surface area contributed by atoms with Crippen LogP contribution in [0.5, 0.6) is 0 Å². The maximum atomic E-state index is 16.0. The van der Waals surface area contributed by atoms with Gasteiger partial charge in [0.25, 0.3) is 0 Å². The van der Waals surface area contributed by atoms with Gasteiger partial charge in [-0.3, -0.25) is 0 Å². The molecule has 4 aromatic carbocycles. The number of carbonyl (C=O) groups excluding carboxylic acids is 2. The summed E-state index contributed by atoms with van der Waals surface area (Å²) in [4.78, 5) is 33.4. The van der Waals surface area contributed by atoms with E-state index < -0.39 is 34.0 Å². The molecule has 2 unspecified atom stereocenters. The van der Waals surface area contributed by atoms with E-state index in [0.29, 0.717) is 24.0 Å². The Morgan fingerprint density at radius 1 is 0.569 bits per heavy atom. The van der Waals surface area contributed by atoms with E-state index in [4.69, 9.17) is 9.47 Å². The molecule has 2 heterocycles. The van der Waals surface area contributed by atoms with Gasteiger partial charge in [-0.05, 0) is 124 Å². The zero-order valence-corrected chi connectivity index (χ0v) is 34.7. The van der Waals surface area contributed by atoms with Crippen molar-refractivity contribution in [3.05, 3.63) is 131 Å². The second kappa shape index (κ2) is 15.2. The van der Waals surface area contributed by atoms with Gasteiger partial charge in [-0.25, -0.2) is 18.4 Å². The third-order valence-corrected chi connectivity index (χ3v) is 14.1. The molecule has 0 saturated carbocycles. The van der Waals surface area contributed by atoms with Gasteiger partial charge in [0.2, 0.25) is 0 Å². The van der Waals surface area contributed by atoms with Gasteiger partial charge >= 0.3 is 11.9 Å². The lowest BCUT2D eigenvalue weighted by Gasteiger charge is -2.49. The van der Waals surface area contributed by atoms with Crippen LogP contribution in [-0.2, 0) is 43.1 Å². The summed E-state index contributed by atoms with van der Waals surface area (Å²) in [5, 5.41) is 0. The molecule has 6 nitrogen and oxygen atoms in total. The number of fused-ring (bicyclic) bond motifs is 2. The molecule has 4 aromatic rings. The Labute approximate surface area is 342 Å². The molecule has 4 aliphatic rings. The second-order valence-corrected chi connectivity index (χ2v) is 18.6. The Bertz CT molecular complexity index is 2060. The molecule has 2 aliphatic carbocycles. The molecule has 2 aliphatic heterocycles. The molecule has 304 valence electrons. The van der Waals surface area contributed by atoms with Crippen LogP contribution in [0.3, 0.4) is 0 Å². The second-order valence-electron chi connectivity index (χ2n) is 18.6. The summed E-state index contributed by atoms with van der Waals surface area (Å²) in [6.45, 7) is 11.5. The minimum Gasteiger partial charge on any atom is -0.450 e. The van der Waals surface area contributed by atoms with E-state index in [-0.39, 0.29) is 23.5 Å². The summed E-state index contributed by atoms with van der Waals surface area (Å²) in [6, 6.07) is 26.4. The number of ether oxygens (including phenoxy) is 2. The van der Waals surface area contributed by atoms with Crippen LogP contribution in [0.1, 0.15) is 75.6 Å². The molecular formula is C50H56F2N2O4. The van der Waals surface area contributed by atoms with Crippen molar-refractivity contribution in [2.24, 2.45) is 22.7 Å². The molecule has 8 rings (SSSR count). The van der Waals surface area contributed by atoms with Gasteiger partial charge in [-0.1, -0.05) is 100 Å². The van der Waals surface area contributed by atoms with Crippen LogP contribution in [-0.4, -0.2) is 62.0 Å². The quantitative estimate of drug-likeness (QED) is 0.131. The zero-order chi connectivity index (χ0) is 41.0. The van der Waals surface area contributed by atoms with E-state index in [1.165, 1.54) is 24.3 Å².